The van der Waals surface area contributed by atoms with E-state index in [1.54, 1.807) is 0 Å². The van der Waals surface area contributed by atoms with Gasteiger partial charge < -0.3 is 25.7 Å². The molecule has 0 spiro atoms. The van der Waals surface area contributed by atoms with E-state index in [1.165, 1.54) is 21.8 Å². The molecule has 4 aliphatic rings. The summed E-state index contributed by atoms with van der Waals surface area (Å²) in [6.07, 6.45) is -5.94. The lowest BCUT2D eigenvalue weighted by Crippen LogP contribution is -2.45. The molecular formula is C21H23FN10O10P2S2. The maximum atomic E-state index is 15.9. The topological polar surface area (TPSA) is 258 Å². The monoisotopic (exact) mass is 720 g/mol. The largest absolute Gasteiger partial charge is 0.386 e. The third-order valence-corrected chi connectivity index (χ3v) is 11.2. The van der Waals surface area contributed by atoms with Crippen LogP contribution >= 0.6 is 38.1 Å². The maximum Gasteiger partial charge on any atom is 0.386 e. The molecule has 4 bridgehead atoms. The number of aromatic amines is 1. The minimum absolute atomic E-state index is 0.0758. The molecule has 0 saturated carbocycles. The summed E-state index contributed by atoms with van der Waals surface area (Å²) in [4.78, 5) is 35.1. The number of aromatic nitrogens is 8. The van der Waals surface area contributed by atoms with E-state index in [4.69, 9.17) is 43.8 Å². The van der Waals surface area contributed by atoms with Crippen molar-refractivity contribution in [1.82, 2.24) is 39.0 Å². The highest BCUT2D eigenvalue weighted by Gasteiger charge is 2.66. The van der Waals surface area contributed by atoms with E-state index in [1.807, 2.05) is 0 Å². The molecule has 0 amide bonds. The first-order valence-electron chi connectivity index (χ1n) is 13.4. The van der Waals surface area contributed by atoms with E-state index in [0.29, 0.717) is 11.2 Å². The molecule has 25 heteroatoms. The van der Waals surface area contributed by atoms with Crippen LogP contribution in [0.1, 0.15) is 12.5 Å². The number of ether oxygens (including phenoxy) is 3. The van der Waals surface area contributed by atoms with Crippen LogP contribution in [0.3, 0.4) is 0 Å². The highest BCUT2D eigenvalue weighted by Crippen LogP contribution is 2.63. The summed E-state index contributed by atoms with van der Waals surface area (Å²) in [6.45, 7) is -10.1. The lowest BCUT2D eigenvalue weighted by Gasteiger charge is -2.32. The average molecular weight is 721 g/mol. The van der Waals surface area contributed by atoms with E-state index >= 15 is 4.39 Å². The number of rotatable bonds is 2. The quantitative estimate of drug-likeness (QED) is 0.142. The first-order chi connectivity index (χ1) is 21.8. The molecular weight excluding hydrogens is 697 g/mol. The Kier molecular flexibility index (Phi) is 7.10. The number of H-pyrrole nitrogens is 1. The molecule has 2 unspecified atom stereocenters. The lowest BCUT2D eigenvalue weighted by molar-refractivity contribution is -0.182. The predicted molar refractivity (Wildman–Crippen MR) is 159 cm³/mol. The van der Waals surface area contributed by atoms with Gasteiger partial charge in [-0.05, 0) is 0 Å². The van der Waals surface area contributed by atoms with Crippen LogP contribution in [0.4, 0.5) is 16.2 Å². The van der Waals surface area contributed by atoms with Crippen LogP contribution in [0.25, 0.3) is 22.3 Å². The highest BCUT2D eigenvalue weighted by atomic mass is 32.7. The second-order valence-corrected chi connectivity index (χ2v) is 16.6. The van der Waals surface area contributed by atoms with Crippen molar-refractivity contribution in [3.8, 4) is 0 Å². The maximum absolute atomic E-state index is 15.9. The zero-order valence-electron chi connectivity index (χ0n) is 22.9. The number of alkyl halides is 1. The zero-order chi connectivity index (χ0) is 32.2. The second-order valence-electron chi connectivity index (χ2n) is 10.8. The number of nitrogens with two attached hydrogens (primary N) is 2. The molecule has 0 aliphatic carbocycles. The lowest BCUT2D eigenvalue weighted by atomic mass is 10.0. The smallest absolute Gasteiger partial charge is 0.382 e. The van der Waals surface area contributed by atoms with Crippen molar-refractivity contribution in [3.05, 3.63) is 29.3 Å². The summed E-state index contributed by atoms with van der Waals surface area (Å²) in [6, 6.07) is 0. The minimum atomic E-state index is -4.45. The second kappa shape index (κ2) is 10.7. The number of nitrogens with zero attached hydrogens (tertiary/aromatic N) is 7. The summed E-state index contributed by atoms with van der Waals surface area (Å²) in [5.74, 6) is -0.115. The molecule has 4 aliphatic heterocycles. The standard InChI is InChI=1S/C21H23FN10O10P2S2/c22-8-7-1-37-43(34,45)42-13-12-19(31-5-27-9-14(23)25-4-26-15(9)31)40-21(13,2-36-12)3-38-44(35,46)41-11(8)18(39-7)32-6-28-10-16(32)29-20(24)30-17(10)33/h4-8,11-13,18-19H,1-3H2,(H,34,45)(H,35,46)(H2,23,25,26)(H3,24,29,30,33)/t7-,8+,11-,12-,13+,18-,19-,21-,43?,44?/m1/s1. The van der Waals surface area contributed by atoms with Crippen molar-refractivity contribution in [2.45, 2.75) is 48.6 Å². The van der Waals surface area contributed by atoms with Gasteiger partial charge in [0.15, 0.2) is 41.3 Å². The van der Waals surface area contributed by atoms with Crippen LogP contribution in [0.5, 0.6) is 0 Å². The number of nitrogens with one attached hydrogen (secondary N) is 1. The Morgan fingerprint density at radius 3 is 2.50 bits per heavy atom. The van der Waals surface area contributed by atoms with E-state index in [0.717, 1.165) is 6.33 Å². The molecule has 4 aromatic heterocycles. The fourth-order valence-electron chi connectivity index (χ4n) is 5.94. The molecule has 46 heavy (non-hydrogen) atoms. The van der Waals surface area contributed by atoms with Crippen molar-refractivity contribution in [3.63, 3.8) is 0 Å². The van der Waals surface area contributed by atoms with E-state index in [9.17, 15) is 13.9 Å². The number of imidazole rings is 2. The van der Waals surface area contributed by atoms with Crippen LogP contribution in [0, 0.1) is 0 Å². The molecule has 0 radical (unpaired) electrons. The number of fused-ring (bicyclic) bond motifs is 4. The van der Waals surface area contributed by atoms with E-state index in [2.05, 4.69) is 54.4 Å². The Balaban J connectivity index is 1.14. The van der Waals surface area contributed by atoms with Crippen molar-refractivity contribution in [2.75, 3.05) is 31.3 Å². The van der Waals surface area contributed by atoms with Gasteiger partial charge in [0.25, 0.3) is 5.56 Å². The average Bonchev–Trinajstić information content (AvgIpc) is 3.80. The number of hydrogen-bond donors (Lipinski definition) is 5. The van der Waals surface area contributed by atoms with Gasteiger partial charge >= 0.3 is 13.6 Å². The van der Waals surface area contributed by atoms with Crippen LogP contribution < -0.4 is 17.0 Å². The fourth-order valence-corrected chi connectivity index (χ4v) is 8.91. The van der Waals surface area contributed by atoms with Gasteiger partial charge in [-0.1, -0.05) is 24.5 Å². The van der Waals surface area contributed by atoms with Crippen molar-refractivity contribution in [1.29, 1.82) is 0 Å². The summed E-state index contributed by atoms with van der Waals surface area (Å²) in [5, 5.41) is 0. The number of hydrogen-bond acceptors (Lipinski definition) is 17. The normalized spacial score (nSPS) is 39.7. The summed E-state index contributed by atoms with van der Waals surface area (Å²) in [5.41, 5.74) is 9.82. The Bertz CT molecular complexity index is 2040. The van der Waals surface area contributed by atoms with Crippen LogP contribution in [0.2, 0.25) is 0 Å². The molecule has 0 aromatic carbocycles. The highest BCUT2D eigenvalue weighted by molar-refractivity contribution is 8.44. The van der Waals surface area contributed by atoms with Gasteiger partial charge in [0.05, 0.1) is 32.5 Å². The van der Waals surface area contributed by atoms with Gasteiger partial charge in [0, 0.05) is 0 Å². The van der Waals surface area contributed by atoms with Crippen LogP contribution in [-0.2, 0) is 41.4 Å². The zero-order valence-corrected chi connectivity index (χ0v) is 26.5. The Labute approximate surface area is 266 Å². The third-order valence-electron chi connectivity index (χ3n) is 8.00. The minimum Gasteiger partial charge on any atom is -0.382 e. The Morgan fingerprint density at radius 1 is 0.957 bits per heavy atom. The third kappa shape index (κ3) is 4.88. The summed E-state index contributed by atoms with van der Waals surface area (Å²) < 4.78 is 86.8. The first kappa shape index (κ1) is 30.6. The molecule has 246 valence electrons. The van der Waals surface area contributed by atoms with E-state index in [-0.39, 0.29) is 29.5 Å². The number of nitrogen functional groups attached to an aromatic ring is 2. The van der Waals surface area contributed by atoms with Gasteiger partial charge in [-0.25, -0.2) is 33.5 Å². The number of anilines is 2. The molecule has 20 nitrogen and oxygen atoms in total. The van der Waals surface area contributed by atoms with Crippen molar-refractivity contribution >= 4 is 72.2 Å². The fraction of sp³-hybridized carbons (Fsp3) is 0.524. The van der Waals surface area contributed by atoms with Gasteiger partial charge in [0.2, 0.25) is 5.95 Å². The Hall–Kier alpha value is -2.69. The number of halogens is 1. The van der Waals surface area contributed by atoms with E-state index < -0.39 is 81.0 Å². The molecule has 4 saturated heterocycles. The predicted octanol–water partition coefficient (Wildman–Crippen LogP) is 0.919. The summed E-state index contributed by atoms with van der Waals surface area (Å²) in [7, 11) is 0. The SMILES string of the molecule is Nc1nc2c(ncn2[C@@H]2O[C@@H]3COP(=O)(S)O[C@H]4[C@H]5OC[C@]4(COP(=O)(S)O[C@@H]2[C@H]3F)O[C@H]5n2cnc3c(N)ncnc32)c(=O)[nH]1. The molecule has 8 rings (SSSR count). The molecule has 4 fully saturated rings. The van der Waals surface area contributed by atoms with Crippen LogP contribution in [-0.4, -0.2) is 95.0 Å². The molecule has 4 aromatic rings. The van der Waals surface area contributed by atoms with Gasteiger partial charge in [0.1, 0.15) is 41.9 Å². The molecule has 5 N–H and O–H groups in total. The van der Waals surface area contributed by atoms with Gasteiger partial charge in [-0.3, -0.25) is 37.0 Å². The van der Waals surface area contributed by atoms with Crippen LogP contribution in [0.15, 0.2) is 23.8 Å². The summed E-state index contributed by atoms with van der Waals surface area (Å²) >= 11 is 8.23. The van der Waals surface area contributed by atoms with Crippen molar-refractivity contribution < 1.29 is 45.8 Å². The Morgan fingerprint density at radius 2 is 1.70 bits per heavy atom. The van der Waals surface area contributed by atoms with Crippen molar-refractivity contribution in [2.24, 2.45) is 0 Å². The first-order valence-corrected chi connectivity index (χ1v) is 18.8. The van der Waals surface area contributed by atoms with Gasteiger partial charge in [-0.15, -0.1) is 0 Å². The number of thiol groups is 2. The molecule has 8 heterocycles. The van der Waals surface area contributed by atoms with Gasteiger partial charge in [-0.2, -0.15) is 4.98 Å². The molecule has 10 atom stereocenters.